The van der Waals surface area contributed by atoms with Crippen LogP contribution in [0, 0.1) is 0 Å². The van der Waals surface area contributed by atoms with Gasteiger partial charge in [0.05, 0.1) is 24.4 Å². The van der Waals surface area contributed by atoms with Crippen molar-refractivity contribution in [2.75, 3.05) is 38.4 Å². The molecule has 1 N–H and O–H groups in total. The standard InChI is InChI=1S/C22H25ClN6O3/c1-2-8-29-9-7-19(27-29)20-18(23)14-24-22(26-20)25-15-32-17-5-3-16(4-6-17)21(30)28-10-12-31-13-11-28/h3-7,9,14H,2,8,10-13,15H2,1H3,(H,24,25,26). The monoisotopic (exact) mass is 456 g/mol. The van der Waals surface area contributed by atoms with E-state index in [2.05, 4.69) is 27.3 Å². The molecular weight excluding hydrogens is 432 g/mol. The van der Waals surface area contributed by atoms with E-state index in [1.807, 2.05) is 16.9 Å². The van der Waals surface area contributed by atoms with Crippen LogP contribution in [-0.4, -0.2) is 63.6 Å². The summed E-state index contributed by atoms with van der Waals surface area (Å²) in [4.78, 5) is 23.0. The number of rotatable bonds is 8. The van der Waals surface area contributed by atoms with E-state index in [0.29, 0.717) is 60.0 Å². The van der Waals surface area contributed by atoms with Gasteiger partial charge in [-0.2, -0.15) is 5.10 Å². The minimum absolute atomic E-state index is 0.00134. The maximum Gasteiger partial charge on any atom is 0.254 e. The Hall–Kier alpha value is -3.17. The van der Waals surface area contributed by atoms with Crippen molar-refractivity contribution < 1.29 is 14.3 Å². The molecule has 0 unspecified atom stereocenters. The third-order valence-corrected chi connectivity index (χ3v) is 5.23. The minimum atomic E-state index is 0.00134. The van der Waals surface area contributed by atoms with Gasteiger partial charge in [-0.05, 0) is 36.8 Å². The fourth-order valence-corrected chi connectivity index (χ4v) is 3.49. The number of hydrogen-bond donors (Lipinski definition) is 1. The molecule has 1 fully saturated rings. The molecule has 1 aromatic carbocycles. The highest BCUT2D eigenvalue weighted by atomic mass is 35.5. The molecule has 0 aliphatic carbocycles. The summed E-state index contributed by atoms with van der Waals surface area (Å²) in [5, 5.41) is 7.96. The molecule has 3 heterocycles. The van der Waals surface area contributed by atoms with Gasteiger partial charge in [0.25, 0.3) is 5.91 Å². The molecule has 0 bridgehead atoms. The van der Waals surface area contributed by atoms with E-state index in [1.165, 1.54) is 6.20 Å². The van der Waals surface area contributed by atoms with Gasteiger partial charge < -0.3 is 19.7 Å². The highest BCUT2D eigenvalue weighted by Gasteiger charge is 2.18. The first-order valence-corrected chi connectivity index (χ1v) is 10.9. The zero-order valence-corrected chi connectivity index (χ0v) is 18.6. The van der Waals surface area contributed by atoms with Gasteiger partial charge in [0.15, 0.2) is 6.73 Å². The summed E-state index contributed by atoms with van der Waals surface area (Å²) in [6.45, 7) is 5.46. The number of carbonyl (C=O) groups excluding carboxylic acids is 1. The largest absolute Gasteiger partial charge is 0.473 e. The smallest absolute Gasteiger partial charge is 0.254 e. The predicted octanol–water partition coefficient (Wildman–Crippen LogP) is 3.32. The van der Waals surface area contributed by atoms with Gasteiger partial charge in [0, 0.05) is 31.4 Å². The van der Waals surface area contributed by atoms with Gasteiger partial charge in [-0.3, -0.25) is 9.48 Å². The topological polar surface area (TPSA) is 94.4 Å². The second-order valence-corrected chi connectivity index (χ2v) is 7.66. The van der Waals surface area contributed by atoms with Crippen molar-refractivity contribution in [1.82, 2.24) is 24.6 Å². The minimum Gasteiger partial charge on any atom is -0.473 e. The van der Waals surface area contributed by atoms with Gasteiger partial charge in [-0.1, -0.05) is 18.5 Å². The highest BCUT2D eigenvalue weighted by molar-refractivity contribution is 6.32. The number of aromatic nitrogens is 4. The molecule has 1 aliphatic rings. The summed E-state index contributed by atoms with van der Waals surface area (Å²) < 4.78 is 12.9. The number of nitrogens with zero attached hydrogens (tertiary/aromatic N) is 5. The van der Waals surface area contributed by atoms with Crippen LogP contribution in [0.15, 0.2) is 42.7 Å². The molecule has 3 aromatic rings. The molecule has 4 rings (SSSR count). The van der Waals surface area contributed by atoms with Crippen molar-refractivity contribution in [3.8, 4) is 17.1 Å². The van der Waals surface area contributed by atoms with Gasteiger partial charge >= 0.3 is 0 Å². The Labute approximate surface area is 191 Å². The second kappa shape index (κ2) is 10.4. The molecule has 10 heteroatoms. The number of benzene rings is 1. The molecule has 168 valence electrons. The number of hydrogen-bond acceptors (Lipinski definition) is 7. The maximum absolute atomic E-state index is 12.5. The average Bonchev–Trinajstić information content (AvgIpc) is 3.29. The lowest BCUT2D eigenvalue weighted by Gasteiger charge is -2.26. The quantitative estimate of drug-likeness (QED) is 0.519. The fraction of sp³-hybridized carbons (Fsp3) is 0.364. The lowest BCUT2D eigenvalue weighted by atomic mass is 10.2. The van der Waals surface area contributed by atoms with Crippen LogP contribution in [0.2, 0.25) is 5.02 Å². The Morgan fingerprint density at radius 2 is 2.00 bits per heavy atom. The van der Waals surface area contributed by atoms with Gasteiger partial charge in [0.1, 0.15) is 17.1 Å². The van der Waals surface area contributed by atoms with E-state index in [1.54, 1.807) is 29.2 Å². The van der Waals surface area contributed by atoms with Crippen molar-refractivity contribution in [1.29, 1.82) is 0 Å². The molecule has 0 saturated carbocycles. The number of ether oxygens (including phenoxy) is 2. The molecule has 0 spiro atoms. The van der Waals surface area contributed by atoms with Gasteiger partial charge in [-0.25, -0.2) is 9.97 Å². The van der Waals surface area contributed by atoms with Crippen molar-refractivity contribution >= 4 is 23.5 Å². The van der Waals surface area contributed by atoms with Crippen LogP contribution in [0.25, 0.3) is 11.4 Å². The van der Waals surface area contributed by atoms with Crippen LogP contribution in [0.1, 0.15) is 23.7 Å². The molecule has 1 saturated heterocycles. The summed E-state index contributed by atoms with van der Waals surface area (Å²) in [5.41, 5.74) is 1.88. The number of carbonyl (C=O) groups is 1. The molecule has 1 amide bonds. The van der Waals surface area contributed by atoms with Crippen LogP contribution >= 0.6 is 11.6 Å². The molecule has 0 atom stereocenters. The number of anilines is 1. The third-order valence-electron chi connectivity index (χ3n) is 4.95. The van der Waals surface area contributed by atoms with Crippen molar-refractivity contribution in [2.45, 2.75) is 19.9 Å². The van der Waals surface area contributed by atoms with E-state index in [9.17, 15) is 4.79 Å². The molecular formula is C22H25ClN6O3. The van der Waals surface area contributed by atoms with Crippen LogP contribution in [0.3, 0.4) is 0 Å². The van der Waals surface area contributed by atoms with Crippen LogP contribution < -0.4 is 10.1 Å². The summed E-state index contributed by atoms with van der Waals surface area (Å²) in [6.07, 6.45) is 4.43. The first-order valence-electron chi connectivity index (χ1n) is 10.5. The Morgan fingerprint density at radius 1 is 1.22 bits per heavy atom. The van der Waals surface area contributed by atoms with Gasteiger partial charge in [0.2, 0.25) is 5.95 Å². The lowest BCUT2D eigenvalue weighted by Crippen LogP contribution is -2.40. The third kappa shape index (κ3) is 5.35. The van der Waals surface area contributed by atoms with E-state index in [-0.39, 0.29) is 12.6 Å². The number of aryl methyl sites for hydroxylation is 1. The Morgan fingerprint density at radius 3 is 2.75 bits per heavy atom. The van der Waals surface area contributed by atoms with Crippen molar-refractivity contribution in [3.63, 3.8) is 0 Å². The van der Waals surface area contributed by atoms with E-state index < -0.39 is 0 Å². The zero-order valence-electron chi connectivity index (χ0n) is 17.8. The first kappa shape index (κ1) is 22.0. The molecule has 32 heavy (non-hydrogen) atoms. The number of nitrogens with one attached hydrogen (secondary N) is 1. The average molecular weight is 457 g/mol. The molecule has 9 nitrogen and oxygen atoms in total. The SMILES string of the molecule is CCCn1ccc(-c2nc(NCOc3ccc(C(=O)N4CCOCC4)cc3)ncc2Cl)n1. The second-order valence-electron chi connectivity index (χ2n) is 7.25. The first-order chi connectivity index (χ1) is 15.6. The fourth-order valence-electron chi connectivity index (χ4n) is 3.30. The number of amides is 1. The zero-order chi connectivity index (χ0) is 22.3. The number of halogens is 1. The van der Waals surface area contributed by atoms with Crippen LogP contribution in [0.4, 0.5) is 5.95 Å². The van der Waals surface area contributed by atoms with Crippen LogP contribution in [0.5, 0.6) is 5.75 Å². The molecule has 0 radical (unpaired) electrons. The van der Waals surface area contributed by atoms with Crippen molar-refractivity contribution in [3.05, 3.63) is 53.3 Å². The maximum atomic E-state index is 12.5. The van der Waals surface area contributed by atoms with Gasteiger partial charge in [-0.15, -0.1) is 0 Å². The summed E-state index contributed by atoms with van der Waals surface area (Å²) in [5.74, 6) is 1.01. The molecule has 2 aromatic heterocycles. The predicted molar refractivity (Wildman–Crippen MR) is 121 cm³/mol. The summed E-state index contributed by atoms with van der Waals surface area (Å²) in [6, 6.07) is 8.94. The molecule has 1 aliphatic heterocycles. The Bertz CT molecular complexity index is 1050. The highest BCUT2D eigenvalue weighted by Crippen LogP contribution is 2.24. The Kier molecular flexibility index (Phi) is 7.18. The summed E-state index contributed by atoms with van der Waals surface area (Å²) in [7, 11) is 0. The van der Waals surface area contributed by atoms with Crippen LogP contribution in [-0.2, 0) is 11.3 Å². The number of morpholine rings is 1. The van der Waals surface area contributed by atoms with Crippen molar-refractivity contribution in [2.24, 2.45) is 0 Å². The normalized spacial score (nSPS) is 13.8. The van der Waals surface area contributed by atoms with E-state index >= 15 is 0 Å². The van der Waals surface area contributed by atoms with E-state index in [4.69, 9.17) is 21.1 Å². The van der Waals surface area contributed by atoms with E-state index in [0.717, 1.165) is 13.0 Å². The lowest BCUT2D eigenvalue weighted by molar-refractivity contribution is 0.0303. The summed E-state index contributed by atoms with van der Waals surface area (Å²) >= 11 is 6.27. The Balaban J connectivity index is 1.33.